The van der Waals surface area contributed by atoms with Crippen molar-refractivity contribution < 1.29 is 9.47 Å². The van der Waals surface area contributed by atoms with Gasteiger partial charge >= 0.3 is 0 Å². The monoisotopic (exact) mass is 305 g/mol. The number of anilines is 1. The van der Waals surface area contributed by atoms with Crippen LogP contribution in [-0.2, 0) is 16.5 Å². The summed E-state index contributed by atoms with van der Waals surface area (Å²) in [6.45, 7) is 1.02. The summed E-state index contributed by atoms with van der Waals surface area (Å²) in [4.78, 5) is 11.6. The molecule has 0 aliphatic rings. The minimum atomic E-state index is -0.185. The lowest BCUT2D eigenvalue weighted by atomic mass is 10.3. The Bertz CT molecular complexity index is 422. The number of aromatic nitrogens is 2. The molecule has 1 aromatic rings. The molecule has 1 rings (SSSR count). The summed E-state index contributed by atoms with van der Waals surface area (Å²) < 4.78 is 11.9. The van der Waals surface area contributed by atoms with Gasteiger partial charge in [0, 0.05) is 27.8 Å². The number of methoxy groups -OCH3 is 2. The highest BCUT2D eigenvalue weighted by atomic mass is 79.9. The normalized spacial score (nSPS) is 12.5. The second-order valence-electron chi connectivity index (χ2n) is 3.49. The van der Waals surface area contributed by atoms with Gasteiger partial charge in [-0.15, -0.1) is 0 Å². The van der Waals surface area contributed by atoms with Crippen LogP contribution in [0.5, 0.6) is 0 Å². The minimum Gasteiger partial charge on any atom is -0.382 e. The second-order valence-corrected chi connectivity index (χ2v) is 4.29. The third-order valence-electron chi connectivity index (χ3n) is 2.28. The minimum absolute atomic E-state index is 0.0732. The van der Waals surface area contributed by atoms with E-state index in [1.165, 1.54) is 4.68 Å². The average Bonchev–Trinajstić information content (AvgIpc) is 2.33. The van der Waals surface area contributed by atoms with Crippen LogP contribution in [0.25, 0.3) is 0 Å². The highest BCUT2D eigenvalue weighted by Gasteiger charge is 2.10. The summed E-state index contributed by atoms with van der Waals surface area (Å²) in [7, 11) is 4.82. The van der Waals surface area contributed by atoms with Crippen molar-refractivity contribution in [3.63, 3.8) is 0 Å². The molecule has 0 spiro atoms. The van der Waals surface area contributed by atoms with E-state index in [1.54, 1.807) is 27.5 Å². The first-order valence-corrected chi connectivity index (χ1v) is 5.86. The van der Waals surface area contributed by atoms with Gasteiger partial charge in [-0.1, -0.05) is 0 Å². The Labute approximate surface area is 108 Å². The third kappa shape index (κ3) is 3.79. The van der Waals surface area contributed by atoms with Crippen LogP contribution in [0.2, 0.25) is 0 Å². The van der Waals surface area contributed by atoms with Crippen LogP contribution in [-0.4, -0.2) is 43.3 Å². The van der Waals surface area contributed by atoms with Gasteiger partial charge in [-0.3, -0.25) is 4.79 Å². The topological polar surface area (TPSA) is 65.4 Å². The van der Waals surface area contributed by atoms with Crippen molar-refractivity contribution in [2.45, 2.75) is 6.10 Å². The van der Waals surface area contributed by atoms with Gasteiger partial charge in [0.15, 0.2) is 0 Å². The Morgan fingerprint density at radius 1 is 1.59 bits per heavy atom. The van der Waals surface area contributed by atoms with Crippen LogP contribution < -0.4 is 10.9 Å². The fourth-order valence-electron chi connectivity index (χ4n) is 1.25. The first-order chi connectivity index (χ1) is 8.10. The molecule has 96 valence electrons. The van der Waals surface area contributed by atoms with Crippen LogP contribution in [0.3, 0.4) is 0 Å². The van der Waals surface area contributed by atoms with Gasteiger partial charge in [0.2, 0.25) is 0 Å². The van der Waals surface area contributed by atoms with Crippen molar-refractivity contribution in [2.75, 3.05) is 32.7 Å². The molecule has 0 fully saturated rings. The number of ether oxygens (including phenoxy) is 2. The van der Waals surface area contributed by atoms with Gasteiger partial charge in [0.25, 0.3) is 5.56 Å². The number of hydrogen-bond donors (Lipinski definition) is 1. The lowest BCUT2D eigenvalue weighted by Crippen LogP contribution is -2.28. The molecule has 1 unspecified atom stereocenters. The summed E-state index contributed by atoms with van der Waals surface area (Å²) in [5, 5.41) is 7.02. The molecule has 17 heavy (non-hydrogen) atoms. The SMILES string of the molecule is COCC(CNc1cnn(C)c(=O)c1Br)OC. The molecule has 0 aromatic carbocycles. The van der Waals surface area contributed by atoms with E-state index in [-0.39, 0.29) is 11.7 Å². The van der Waals surface area contributed by atoms with Crippen molar-refractivity contribution in [1.29, 1.82) is 0 Å². The van der Waals surface area contributed by atoms with Crippen LogP contribution in [0, 0.1) is 0 Å². The van der Waals surface area contributed by atoms with Gasteiger partial charge in [0.1, 0.15) is 4.47 Å². The zero-order valence-electron chi connectivity index (χ0n) is 10.1. The number of rotatable bonds is 6. The smallest absolute Gasteiger partial charge is 0.282 e. The summed E-state index contributed by atoms with van der Waals surface area (Å²) in [5.74, 6) is 0. The molecular weight excluding hydrogens is 290 g/mol. The number of nitrogens with zero attached hydrogens (tertiary/aromatic N) is 2. The molecule has 1 heterocycles. The lowest BCUT2D eigenvalue weighted by Gasteiger charge is -2.16. The highest BCUT2D eigenvalue weighted by molar-refractivity contribution is 9.10. The Hall–Kier alpha value is -0.920. The maximum atomic E-state index is 11.6. The molecule has 0 saturated carbocycles. The van der Waals surface area contributed by atoms with E-state index in [2.05, 4.69) is 26.3 Å². The van der Waals surface area contributed by atoms with Crippen molar-refractivity contribution in [3.8, 4) is 0 Å². The quantitative estimate of drug-likeness (QED) is 0.834. The van der Waals surface area contributed by atoms with E-state index in [1.807, 2.05) is 0 Å². The average molecular weight is 306 g/mol. The Balaban J connectivity index is 2.69. The third-order valence-corrected chi connectivity index (χ3v) is 3.05. The van der Waals surface area contributed by atoms with Crippen molar-refractivity contribution in [1.82, 2.24) is 9.78 Å². The fourth-order valence-corrected chi connectivity index (χ4v) is 1.75. The molecular formula is C10H16BrN3O3. The molecule has 7 heteroatoms. The van der Waals surface area contributed by atoms with Crippen molar-refractivity contribution >= 4 is 21.6 Å². The molecule has 0 bridgehead atoms. The molecule has 0 aliphatic carbocycles. The lowest BCUT2D eigenvalue weighted by molar-refractivity contribution is 0.0365. The zero-order valence-corrected chi connectivity index (χ0v) is 11.7. The van der Waals surface area contributed by atoms with Gasteiger partial charge < -0.3 is 14.8 Å². The largest absolute Gasteiger partial charge is 0.382 e. The van der Waals surface area contributed by atoms with Crippen molar-refractivity contribution in [2.24, 2.45) is 7.05 Å². The van der Waals surface area contributed by atoms with E-state index in [9.17, 15) is 4.79 Å². The molecule has 0 amide bonds. The van der Waals surface area contributed by atoms with Gasteiger partial charge in [-0.25, -0.2) is 4.68 Å². The maximum absolute atomic E-state index is 11.6. The van der Waals surface area contributed by atoms with E-state index in [0.29, 0.717) is 23.3 Å². The Morgan fingerprint density at radius 2 is 2.29 bits per heavy atom. The molecule has 1 aromatic heterocycles. The van der Waals surface area contributed by atoms with Crippen LogP contribution >= 0.6 is 15.9 Å². The predicted octanol–water partition coefficient (Wildman–Crippen LogP) is 0.616. The van der Waals surface area contributed by atoms with Gasteiger partial charge in [-0.05, 0) is 15.9 Å². The van der Waals surface area contributed by atoms with Gasteiger partial charge in [0.05, 0.1) is 24.6 Å². The molecule has 6 nitrogen and oxygen atoms in total. The number of aryl methyl sites for hydroxylation is 1. The number of nitrogens with one attached hydrogen (secondary N) is 1. The maximum Gasteiger partial charge on any atom is 0.282 e. The van der Waals surface area contributed by atoms with Crippen LogP contribution in [0.15, 0.2) is 15.5 Å². The first kappa shape index (κ1) is 14.1. The van der Waals surface area contributed by atoms with E-state index >= 15 is 0 Å². The van der Waals surface area contributed by atoms with Crippen molar-refractivity contribution in [3.05, 3.63) is 21.0 Å². The molecule has 0 radical (unpaired) electrons. The standard InChI is InChI=1S/C10H16BrN3O3/c1-14-10(15)9(11)8(5-13-14)12-4-7(17-3)6-16-2/h5,7,12H,4,6H2,1-3H3. The Morgan fingerprint density at radius 3 is 2.88 bits per heavy atom. The highest BCUT2D eigenvalue weighted by Crippen LogP contribution is 2.15. The van der Waals surface area contributed by atoms with Gasteiger partial charge in [-0.2, -0.15) is 5.10 Å². The summed E-state index contributed by atoms with van der Waals surface area (Å²) in [6.07, 6.45) is 1.52. The molecule has 1 atom stereocenters. The van der Waals surface area contributed by atoms with E-state index < -0.39 is 0 Å². The van der Waals surface area contributed by atoms with E-state index in [4.69, 9.17) is 9.47 Å². The fraction of sp³-hybridized carbons (Fsp3) is 0.600. The summed E-state index contributed by atoms with van der Waals surface area (Å²) in [5.41, 5.74) is 0.460. The van der Waals surface area contributed by atoms with E-state index in [0.717, 1.165) is 0 Å². The molecule has 0 aliphatic heterocycles. The second kappa shape index (κ2) is 6.73. The number of halogens is 1. The Kier molecular flexibility index (Phi) is 5.60. The number of hydrogen-bond acceptors (Lipinski definition) is 5. The summed E-state index contributed by atoms with van der Waals surface area (Å²) in [6, 6.07) is 0. The first-order valence-electron chi connectivity index (χ1n) is 5.07. The predicted molar refractivity (Wildman–Crippen MR) is 68.3 cm³/mol. The molecule has 0 saturated heterocycles. The van der Waals surface area contributed by atoms with Crippen LogP contribution in [0.1, 0.15) is 0 Å². The van der Waals surface area contributed by atoms with Crippen LogP contribution in [0.4, 0.5) is 5.69 Å². The molecule has 1 N–H and O–H groups in total. The zero-order chi connectivity index (χ0) is 12.8. The summed E-state index contributed by atoms with van der Waals surface area (Å²) >= 11 is 3.23.